The van der Waals surface area contributed by atoms with Crippen molar-refractivity contribution in [1.82, 2.24) is 10.9 Å². The van der Waals surface area contributed by atoms with Crippen molar-refractivity contribution in [3.63, 3.8) is 0 Å². The highest BCUT2D eigenvalue weighted by molar-refractivity contribution is 6.30. The van der Waals surface area contributed by atoms with E-state index in [1.165, 1.54) is 6.92 Å². The molecule has 8 heteroatoms. The SMILES string of the molecule is CC(=O)Nc1ccc(CC(=O)NNC(=O)[C@H](C)Oc2c(C)cc(Cl)cc2C)cc1. The van der Waals surface area contributed by atoms with Gasteiger partial charge in [0.2, 0.25) is 11.8 Å². The molecule has 2 aromatic rings. The molecule has 154 valence electrons. The third-order valence-corrected chi connectivity index (χ3v) is 4.27. The van der Waals surface area contributed by atoms with E-state index in [0.717, 1.165) is 16.7 Å². The van der Waals surface area contributed by atoms with Gasteiger partial charge in [-0.3, -0.25) is 25.2 Å². The fourth-order valence-electron chi connectivity index (χ4n) is 2.69. The van der Waals surface area contributed by atoms with Gasteiger partial charge in [-0.1, -0.05) is 23.7 Å². The van der Waals surface area contributed by atoms with E-state index >= 15 is 0 Å². The first-order valence-electron chi connectivity index (χ1n) is 9.04. The molecule has 0 aliphatic rings. The molecule has 3 amide bonds. The summed E-state index contributed by atoms with van der Waals surface area (Å²) in [7, 11) is 0. The number of hydrogen-bond acceptors (Lipinski definition) is 4. The third-order valence-electron chi connectivity index (χ3n) is 4.05. The standard InChI is InChI=1S/C21H24ClN3O4/c1-12-9-17(22)10-13(2)20(12)29-14(3)21(28)25-24-19(27)11-16-5-7-18(8-6-16)23-15(4)26/h5-10,14H,11H2,1-4H3,(H,23,26)(H,24,27)(H,25,28)/t14-/m0/s1. The molecule has 0 heterocycles. The van der Waals surface area contributed by atoms with Gasteiger partial charge in [0.15, 0.2) is 6.10 Å². The van der Waals surface area contributed by atoms with Crippen LogP contribution < -0.4 is 20.9 Å². The van der Waals surface area contributed by atoms with E-state index in [1.54, 1.807) is 43.3 Å². The fraction of sp³-hybridized carbons (Fsp3) is 0.286. The number of nitrogens with one attached hydrogen (secondary N) is 3. The highest BCUT2D eigenvalue weighted by Gasteiger charge is 2.18. The molecule has 0 unspecified atom stereocenters. The molecule has 0 aromatic heterocycles. The number of halogens is 1. The van der Waals surface area contributed by atoms with Crippen LogP contribution in [-0.4, -0.2) is 23.8 Å². The average molecular weight is 418 g/mol. The number of benzene rings is 2. The molecule has 0 bridgehead atoms. The van der Waals surface area contributed by atoms with Crippen molar-refractivity contribution in [2.45, 2.75) is 40.2 Å². The van der Waals surface area contributed by atoms with Crippen molar-refractivity contribution in [3.05, 3.63) is 58.1 Å². The van der Waals surface area contributed by atoms with Crippen LogP contribution in [0.4, 0.5) is 5.69 Å². The molecule has 0 saturated carbocycles. The van der Waals surface area contributed by atoms with Gasteiger partial charge in [-0.25, -0.2) is 0 Å². The quantitative estimate of drug-likeness (QED) is 0.629. The van der Waals surface area contributed by atoms with Gasteiger partial charge in [0.05, 0.1) is 6.42 Å². The van der Waals surface area contributed by atoms with Crippen molar-refractivity contribution >= 4 is 35.0 Å². The number of rotatable bonds is 6. The van der Waals surface area contributed by atoms with E-state index in [2.05, 4.69) is 16.2 Å². The topological polar surface area (TPSA) is 96.5 Å². The first-order valence-corrected chi connectivity index (χ1v) is 9.42. The van der Waals surface area contributed by atoms with Gasteiger partial charge in [-0.15, -0.1) is 0 Å². The fourth-order valence-corrected chi connectivity index (χ4v) is 3.01. The zero-order valence-electron chi connectivity index (χ0n) is 16.8. The molecule has 0 aliphatic carbocycles. The molecule has 3 N–H and O–H groups in total. The van der Waals surface area contributed by atoms with Crippen molar-refractivity contribution in [2.75, 3.05) is 5.32 Å². The minimum absolute atomic E-state index is 0.0747. The predicted molar refractivity (Wildman–Crippen MR) is 112 cm³/mol. The van der Waals surface area contributed by atoms with Gasteiger partial charge >= 0.3 is 0 Å². The van der Waals surface area contributed by atoms with E-state index in [4.69, 9.17) is 16.3 Å². The molecule has 7 nitrogen and oxygen atoms in total. The van der Waals surface area contributed by atoms with Crippen LogP contribution in [0.15, 0.2) is 36.4 Å². The molecule has 2 aromatic carbocycles. The molecular formula is C21H24ClN3O4. The summed E-state index contributed by atoms with van der Waals surface area (Å²) in [6, 6.07) is 10.4. The summed E-state index contributed by atoms with van der Waals surface area (Å²) in [6.45, 7) is 6.70. The minimum atomic E-state index is -0.814. The van der Waals surface area contributed by atoms with E-state index in [-0.39, 0.29) is 18.2 Å². The molecule has 29 heavy (non-hydrogen) atoms. The molecule has 0 saturated heterocycles. The second-order valence-corrected chi connectivity index (χ2v) is 7.16. The van der Waals surface area contributed by atoms with Crippen LogP contribution in [0, 0.1) is 13.8 Å². The number of carbonyl (C=O) groups excluding carboxylic acids is 3. The number of hydrazine groups is 1. The number of amides is 3. The van der Waals surface area contributed by atoms with Gasteiger partial charge in [-0.05, 0) is 61.7 Å². The monoisotopic (exact) mass is 417 g/mol. The normalized spacial score (nSPS) is 11.3. The second-order valence-electron chi connectivity index (χ2n) is 6.72. The number of carbonyl (C=O) groups is 3. The summed E-state index contributed by atoms with van der Waals surface area (Å²) in [5.74, 6) is -0.439. The van der Waals surface area contributed by atoms with Gasteiger partial charge in [-0.2, -0.15) is 0 Å². The van der Waals surface area contributed by atoms with Crippen molar-refractivity contribution in [1.29, 1.82) is 0 Å². The van der Waals surface area contributed by atoms with Crippen LogP contribution >= 0.6 is 11.6 Å². The molecule has 0 aliphatic heterocycles. The van der Waals surface area contributed by atoms with E-state index < -0.39 is 12.0 Å². The first-order chi connectivity index (χ1) is 13.7. The largest absolute Gasteiger partial charge is 0.480 e. The van der Waals surface area contributed by atoms with Crippen molar-refractivity contribution in [3.8, 4) is 5.75 Å². The lowest BCUT2D eigenvalue weighted by atomic mass is 10.1. The molecular weight excluding hydrogens is 394 g/mol. The molecule has 0 radical (unpaired) electrons. The van der Waals surface area contributed by atoms with Crippen LogP contribution in [0.25, 0.3) is 0 Å². The van der Waals surface area contributed by atoms with E-state index in [0.29, 0.717) is 16.5 Å². The Bertz CT molecular complexity index is 890. The Balaban J connectivity index is 1.85. The maximum atomic E-state index is 12.2. The summed E-state index contributed by atoms with van der Waals surface area (Å²) in [6.07, 6.45) is -0.739. The van der Waals surface area contributed by atoms with Crippen LogP contribution in [0.5, 0.6) is 5.75 Å². The van der Waals surface area contributed by atoms with Crippen LogP contribution in [-0.2, 0) is 20.8 Å². The highest BCUT2D eigenvalue weighted by Crippen LogP contribution is 2.27. The van der Waals surface area contributed by atoms with Gasteiger partial charge in [0.25, 0.3) is 5.91 Å². The van der Waals surface area contributed by atoms with Crippen LogP contribution in [0.2, 0.25) is 5.02 Å². The Kier molecular flexibility index (Phi) is 7.61. The lowest BCUT2D eigenvalue weighted by Crippen LogP contribution is -2.47. The van der Waals surface area contributed by atoms with Crippen LogP contribution in [0.1, 0.15) is 30.5 Å². The maximum Gasteiger partial charge on any atom is 0.279 e. The molecule has 2 rings (SSSR count). The lowest BCUT2D eigenvalue weighted by molar-refractivity contribution is -0.132. The number of ether oxygens (including phenoxy) is 1. The van der Waals surface area contributed by atoms with Gasteiger partial charge in [0.1, 0.15) is 5.75 Å². The summed E-state index contributed by atoms with van der Waals surface area (Å²) in [5, 5.41) is 3.25. The number of anilines is 1. The van der Waals surface area contributed by atoms with Gasteiger partial charge in [0, 0.05) is 17.6 Å². The van der Waals surface area contributed by atoms with E-state index in [9.17, 15) is 14.4 Å². The zero-order valence-corrected chi connectivity index (χ0v) is 17.5. The molecule has 0 fully saturated rings. The van der Waals surface area contributed by atoms with E-state index in [1.807, 2.05) is 13.8 Å². The number of hydrogen-bond donors (Lipinski definition) is 3. The predicted octanol–water partition coefficient (Wildman–Crippen LogP) is 3.07. The second kappa shape index (κ2) is 9.93. The third kappa shape index (κ3) is 6.80. The Hall–Kier alpha value is -3.06. The Morgan fingerprint density at radius 3 is 2.17 bits per heavy atom. The highest BCUT2D eigenvalue weighted by atomic mass is 35.5. The summed E-state index contributed by atoms with van der Waals surface area (Å²) in [4.78, 5) is 35.3. The van der Waals surface area contributed by atoms with Crippen molar-refractivity contribution in [2.24, 2.45) is 0 Å². The molecule has 0 spiro atoms. The average Bonchev–Trinajstić information content (AvgIpc) is 2.63. The summed E-state index contributed by atoms with van der Waals surface area (Å²) >= 11 is 6.00. The summed E-state index contributed by atoms with van der Waals surface area (Å²) in [5.41, 5.74) is 7.76. The van der Waals surface area contributed by atoms with Crippen molar-refractivity contribution < 1.29 is 19.1 Å². The zero-order chi connectivity index (χ0) is 21.6. The van der Waals surface area contributed by atoms with Gasteiger partial charge < -0.3 is 10.1 Å². The Labute approximate surface area is 174 Å². The maximum absolute atomic E-state index is 12.2. The van der Waals surface area contributed by atoms with Crippen LogP contribution in [0.3, 0.4) is 0 Å². The summed E-state index contributed by atoms with van der Waals surface area (Å²) < 4.78 is 5.73. The first kappa shape index (κ1) is 22.2. The molecule has 1 atom stereocenters. The lowest BCUT2D eigenvalue weighted by Gasteiger charge is -2.18. The minimum Gasteiger partial charge on any atom is -0.480 e. The Morgan fingerprint density at radius 2 is 1.62 bits per heavy atom. The number of aryl methyl sites for hydroxylation is 2. The Morgan fingerprint density at radius 1 is 1.03 bits per heavy atom. The smallest absolute Gasteiger partial charge is 0.279 e.